The maximum absolute atomic E-state index is 5.73. The molecule has 0 N–H and O–H groups in total. The molecule has 1 nitrogen and oxygen atoms in total. The molecule has 0 amide bonds. The zero-order valence-electron chi connectivity index (χ0n) is 18.3. The number of hydrogen-bond donors (Lipinski definition) is 0. The Morgan fingerprint density at radius 3 is 1.48 bits per heavy atom. The van der Waals surface area contributed by atoms with Crippen LogP contribution in [0.2, 0.25) is 0 Å². The summed E-state index contributed by atoms with van der Waals surface area (Å²) in [6.45, 7) is 13.0. The molecule has 0 rings (SSSR count). The summed E-state index contributed by atoms with van der Waals surface area (Å²) in [7, 11) is 0. The van der Waals surface area contributed by atoms with E-state index in [1.165, 1.54) is 95.5 Å². The van der Waals surface area contributed by atoms with Crippen LogP contribution in [0, 0.1) is 5.41 Å². The van der Waals surface area contributed by atoms with Crippen molar-refractivity contribution in [2.45, 2.75) is 125 Å². The number of unbranched alkanes of at least 4 members (excludes halogenated alkanes) is 13. The fourth-order valence-corrected chi connectivity index (χ4v) is 2.97. The predicted molar refractivity (Wildman–Crippen MR) is 114 cm³/mol. The molecule has 0 heterocycles. The van der Waals surface area contributed by atoms with Crippen LogP contribution in [-0.4, -0.2) is 13.2 Å². The lowest BCUT2D eigenvalue weighted by atomic mass is 9.87. The van der Waals surface area contributed by atoms with E-state index in [1.54, 1.807) is 0 Å². The molecule has 0 aliphatic carbocycles. The van der Waals surface area contributed by atoms with Crippen LogP contribution in [0.3, 0.4) is 0 Å². The van der Waals surface area contributed by atoms with Gasteiger partial charge in [-0.25, -0.2) is 0 Å². The Balaban J connectivity index is 3.17. The van der Waals surface area contributed by atoms with E-state index in [1.807, 2.05) is 0 Å². The van der Waals surface area contributed by atoms with Crippen LogP contribution < -0.4 is 0 Å². The molecule has 0 atom stereocenters. The van der Waals surface area contributed by atoms with Crippen molar-refractivity contribution in [3.05, 3.63) is 11.6 Å². The van der Waals surface area contributed by atoms with Gasteiger partial charge in [0.1, 0.15) is 0 Å². The Bertz CT molecular complexity index is 298. The van der Waals surface area contributed by atoms with Crippen molar-refractivity contribution in [2.24, 2.45) is 5.41 Å². The summed E-state index contributed by atoms with van der Waals surface area (Å²) in [5.74, 6) is 0. The molecule has 0 fully saturated rings. The molecule has 0 unspecified atom stereocenters. The predicted octanol–water partition coefficient (Wildman–Crippen LogP) is 8.48. The highest BCUT2D eigenvalue weighted by molar-refractivity contribution is 5.07. The van der Waals surface area contributed by atoms with Gasteiger partial charge in [0.25, 0.3) is 0 Å². The standard InChI is InChI=1S/C24H48O/c1-6-7-8-9-10-11-12-13-14-15-16-17-18-19-21-25-22-20-23(2)24(3,4)5/h20H,6-19,21-22H2,1-5H3/b23-20+. The monoisotopic (exact) mass is 352 g/mol. The zero-order chi connectivity index (χ0) is 18.8. The first-order chi connectivity index (χ1) is 12.0. The van der Waals surface area contributed by atoms with Gasteiger partial charge in [-0.05, 0) is 18.8 Å². The third kappa shape index (κ3) is 18.3. The lowest BCUT2D eigenvalue weighted by molar-refractivity contribution is 0.156. The van der Waals surface area contributed by atoms with E-state index in [0.29, 0.717) is 0 Å². The third-order valence-electron chi connectivity index (χ3n) is 5.33. The lowest BCUT2D eigenvalue weighted by Crippen LogP contribution is -2.07. The average molecular weight is 353 g/mol. The summed E-state index contributed by atoms with van der Waals surface area (Å²) >= 11 is 0. The molecule has 0 radical (unpaired) electrons. The van der Waals surface area contributed by atoms with E-state index >= 15 is 0 Å². The van der Waals surface area contributed by atoms with Crippen LogP contribution in [-0.2, 0) is 4.74 Å². The summed E-state index contributed by atoms with van der Waals surface area (Å²) < 4.78 is 5.73. The Labute approximate surface area is 160 Å². The van der Waals surface area contributed by atoms with Gasteiger partial charge in [-0.2, -0.15) is 0 Å². The van der Waals surface area contributed by atoms with Crippen LogP contribution in [0.15, 0.2) is 11.6 Å². The van der Waals surface area contributed by atoms with Gasteiger partial charge in [0.05, 0.1) is 6.61 Å². The Kier molecular flexibility index (Phi) is 16.9. The van der Waals surface area contributed by atoms with Crippen LogP contribution in [0.1, 0.15) is 125 Å². The number of rotatable bonds is 17. The molecule has 0 saturated carbocycles. The Hall–Kier alpha value is -0.300. The minimum Gasteiger partial charge on any atom is -0.377 e. The molecule has 25 heavy (non-hydrogen) atoms. The van der Waals surface area contributed by atoms with Gasteiger partial charge in [0, 0.05) is 6.61 Å². The molecule has 0 aromatic heterocycles. The minimum absolute atomic E-state index is 0.276. The van der Waals surface area contributed by atoms with Crippen molar-refractivity contribution in [3.8, 4) is 0 Å². The topological polar surface area (TPSA) is 9.23 Å². The van der Waals surface area contributed by atoms with Crippen LogP contribution in [0.25, 0.3) is 0 Å². The van der Waals surface area contributed by atoms with Crippen LogP contribution in [0.5, 0.6) is 0 Å². The van der Waals surface area contributed by atoms with Crippen LogP contribution >= 0.6 is 0 Å². The second kappa shape index (κ2) is 17.1. The fourth-order valence-electron chi connectivity index (χ4n) is 2.97. The first-order valence-corrected chi connectivity index (χ1v) is 11.2. The Morgan fingerprint density at radius 2 is 1.08 bits per heavy atom. The van der Waals surface area contributed by atoms with Gasteiger partial charge in [-0.15, -0.1) is 0 Å². The van der Waals surface area contributed by atoms with Gasteiger partial charge >= 0.3 is 0 Å². The molecular formula is C24H48O. The first kappa shape index (κ1) is 24.7. The van der Waals surface area contributed by atoms with Crippen LogP contribution in [0.4, 0.5) is 0 Å². The molecule has 0 aromatic carbocycles. The van der Waals surface area contributed by atoms with E-state index < -0.39 is 0 Å². The van der Waals surface area contributed by atoms with Gasteiger partial charge < -0.3 is 4.74 Å². The highest BCUT2D eigenvalue weighted by atomic mass is 16.5. The highest BCUT2D eigenvalue weighted by Gasteiger charge is 2.11. The zero-order valence-corrected chi connectivity index (χ0v) is 18.3. The van der Waals surface area contributed by atoms with Crippen molar-refractivity contribution in [1.82, 2.24) is 0 Å². The van der Waals surface area contributed by atoms with Gasteiger partial charge in [0.2, 0.25) is 0 Å². The molecule has 0 bridgehead atoms. The van der Waals surface area contributed by atoms with Crippen molar-refractivity contribution in [2.75, 3.05) is 13.2 Å². The SMILES string of the molecule is CCCCCCCCCCCCCCCCOC/C=C(\C)C(C)(C)C. The summed E-state index contributed by atoms with van der Waals surface area (Å²) in [4.78, 5) is 0. The molecule has 0 aliphatic heterocycles. The van der Waals surface area contributed by atoms with Gasteiger partial charge in [-0.1, -0.05) is 123 Å². The largest absolute Gasteiger partial charge is 0.377 e. The summed E-state index contributed by atoms with van der Waals surface area (Å²) in [6.07, 6.45) is 22.0. The summed E-state index contributed by atoms with van der Waals surface area (Å²) in [6, 6.07) is 0. The van der Waals surface area contributed by atoms with E-state index in [-0.39, 0.29) is 5.41 Å². The van der Waals surface area contributed by atoms with Crippen molar-refractivity contribution >= 4 is 0 Å². The normalized spacial score (nSPS) is 12.8. The third-order valence-corrected chi connectivity index (χ3v) is 5.33. The molecule has 0 aromatic rings. The smallest absolute Gasteiger partial charge is 0.0650 e. The number of hydrogen-bond acceptors (Lipinski definition) is 1. The van der Waals surface area contributed by atoms with Crippen molar-refractivity contribution < 1.29 is 4.74 Å². The summed E-state index contributed by atoms with van der Waals surface area (Å²) in [5, 5.41) is 0. The van der Waals surface area contributed by atoms with E-state index in [0.717, 1.165) is 13.2 Å². The average Bonchev–Trinajstić information content (AvgIpc) is 2.56. The molecule has 0 aliphatic rings. The Morgan fingerprint density at radius 1 is 0.680 bits per heavy atom. The van der Waals surface area contributed by atoms with Crippen molar-refractivity contribution in [3.63, 3.8) is 0 Å². The first-order valence-electron chi connectivity index (χ1n) is 11.2. The maximum Gasteiger partial charge on any atom is 0.0650 e. The molecule has 0 spiro atoms. The molecule has 150 valence electrons. The van der Waals surface area contributed by atoms with E-state index in [4.69, 9.17) is 4.74 Å². The van der Waals surface area contributed by atoms with Crippen molar-refractivity contribution in [1.29, 1.82) is 0 Å². The number of ether oxygens (including phenoxy) is 1. The van der Waals surface area contributed by atoms with E-state index in [2.05, 4.69) is 40.7 Å². The maximum atomic E-state index is 5.73. The van der Waals surface area contributed by atoms with E-state index in [9.17, 15) is 0 Å². The van der Waals surface area contributed by atoms with Gasteiger partial charge in [0.15, 0.2) is 0 Å². The van der Waals surface area contributed by atoms with Gasteiger partial charge in [-0.3, -0.25) is 0 Å². The quantitative estimate of drug-likeness (QED) is 0.188. The minimum atomic E-state index is 0.276. The molecule has 0 saturated heterocycles. The second-order valence-corrected chi connectivity index (χ2v) is 8.81. The molecule has 1 heteroatoms. The second-order valence-electron chi connectivity index (χ2n) is 8.81. The fraction of sp³-hybridized carbons (Fsp3) is 0.917. The summed E-state index contributed by atoms with van der Waals surface area (Å²) in [5.41, 5.74) is 1.70. The molecular weight excluding hydrogens is 304 g/mol. The number of allylic oxidation sites excluding steroid dienone is 1. The lowest BCUT2D eigenvalue weighted by Gasteiger charge is -2.19. The highest BCUT2D eigenvalue weighted by Crippen LogP contribution is 2.23.